The lowest BCUT2D eigenvalue weighted by atomic mass is 10.3. The van der Waals surface area contributed by atoms with Crippen LogP contribution in [-0.4, -0.2) is 187 Å². The van der Waals surface area contributed by atoms with E-state index in [1.165, 1.54) is 76.6 Å². The van der Waals surface area contributed by atoms with Crippen LogP contribution >= 0.6 is 0 Å². The zero-order valence-electron chi connectivity index (χ0n) is 50.6. The summed E-state index contributed by atoms with van der Waals surface area (Å²) in [5.41, 5.74) is 1.67. The van der Waals surface area contributed by atoms with Gasteiger partial charge in [0.2, 0.25) is 35.2 Å². The minimum Gasteiger partial charge on any atom is -0.351 e. The van der Waals surface area contributed by atoms with Crippen molar-refractivity contribution in [3.05, 3.63) is 108 Å². The first kappa shape index (κ1) is 64.3. The largest absolute Gasteiger partial charge is 0.351 e. The molecule has 0 atom stereocenters. The highest BCUT2D eigenvalue weighted by Gasteiger charge is 2.23. The topological polar surface area (TPSA) is 384 Å². The SMILES string of the molecule is CN1CCN(CCCNC(=O)c2nc(NC(=O)c3cc(NC(=O)CCNC(=O)c4nc(NC(=O)CCCNC(=O)c5cc(NC(=O)c6nc(NC(=O)CCNC(=O)c7cc(NC(=O)c8nccn8C)cn7C)cn6C)cn5C)cn4C)cn3C)cn2C)CC1. The van der Waals surface area contributed by atoms with Gasteiger partial charge in [0.05, 0.1) is 17.1 Å². The van der Waals surface area contributed by atoms with E-state index < -0.39 is 53.2 Å². The predicted molar refractivity (Wildman–Crippen MR) is 325 cm³/mol. The van der Waals surface area contributed by atoms with Gasteiger partial charge in [-0.1, -0.05) is 0 Å². The molecule has 7 aromatic heterocycles. The molecule has 0 aromatic carbocycles. The van der Waals surface area contributed by atoms with Crippen LogP contribution < -0.4 is 53.2 Å². The van der Waals surface area contributed by atoms with Crippen molar-refractivity contribution in [3.8, 4) is 0 Å². The molecule has 0 radical (unpaired) electrons. The molecule has 10 amide bonds. The molecular formula is C56H73N23O10. The summed E-state index contributed by atoms with van der Waals surface area (Å²) >= 11 is 0. The molecular weight excluding hydrogens is 1150 g/mol. The zero-order valence-corrected chi connectivity index (χ0v) is 50.6. The predicted octanol–water partition coefficient (Wildman–Crippen LogP) is 0.426. The van der Waals surface area contributed by atoms with Gasteiger partial charge in [-0.15, -0.1) is 0 Å². The first-order valence-corrected chi connectivity index (χ1v) is 28.4. The number of anilines is 6. The number of piperazine rings is 1. The van der Waals surface area contributed by atoms with Gasteiger partial charge in [-0.3, -0.25) is 47.9 Å². The van der Waals surface area contributed by atoms with E-state index in [1.807, 2.05) is 0 Å². The fourth-order valence-electron chi connectivity index (χ4n) is 9.51. The van der Waals surface area contributed by atoms with Crippen LogP contribution in [0.4, 0.5) is 34.5 Å². The third kappa shape index (κ3) is 17.3. The van der Waals surface area contributed by atoms with Crippen LogP contribution in [0.25, 0.3) is 0 Å². The second-order valence-electron chi connectivity index (χ2n) is 21.4. The Bertz CT molecular complexity index is 3790. The molecule has 472 valence electrons. The molecule has 33 nitrogen and oxygen atoms in total. The van der Waals surface area contributed by atoms with Crippen LogP contribution in [0.1, 0.15) is 106 Å². The van der Waals surface area contributed by atoms with Gasteiger partial charge in [-0.05, 0) is 44.6 Å². The summed E-state index contributed by atoms with van der Waals surface area (Å²) in [5, 5.41) is 27.0. The number of likely N-dealkylation sites (N-methyl/N-ethyl adjacent to an activating group) is 1. The summed E-state index contributed by atoms with van der Waals surface area (Å²) in [7, 11) is 13.5. The molecule has 1 fully saturated rings. The lowest BCUT2D eigenvalue weighted by Crippen LogP contribution is -2.45. The van der Waals surface area contributed by atoms with Crippen LogP contribution in [0.2, 0.25) is 0 Å². The van der Waals surface area contributed by atoms with E-state index in [0.29, 0.717) is 17.9 Å². The fourth-order valence-corrected chi connectivity index (χ4v) is 9.51. The number of imidazole rings is 4. The minimum atomic E-state index is -0.628. The quantitative estimate of drug-likeness (QED) is 0.0312. The van der Waals surface area contributed by atoms with Crippen molar-refractivity contribution in [2.45, 2.75) is 32.1 Å². The molecule has 8 heterocycles. The maximum absolute atomic E-state index is 13.3. The van der Waals surface area contributed by atoms with Crippen LogP contribution in [0.3, 0.4) is 0 Å². The van der Waals surface area contributed by atoms with Crippen molar-refractivity contribution in [1.82, 2.24) is 83.0 Å². The monoisotopic (exact) mass is 1230 g/mol. The molecule has 10 N–H and O–H groups in total. The molecule has 0 spiro atoms. The van der Waals surface area contributed by atoms with Gasteiger partial charge in [0.15, 0.2) is 23.3 Å². The van der Waals surface area contributed by atoms with Gasteiger partial charge in [-0.25, -0.2) is 19.9 Å². The molecule has 1 aliphatic rings. The molecule has 0 unspecified atom stereocenters. The maximum Gasteiger partial charge on any atom is 0.291 e. The van der Waals surface area contributed by atoms with Crippen LogP contribution in [0.15, 0.2) is 67.8 Å². The number of amides is 10. The summed E-state index contributed by atoms with van der Waals surface area (Å²) in [6.07, 6.45) is 13.0. The number of aryl methyl sites for hydroxylation is 7. The van der Waals surface area contributed by atoms with Gasteiger partial charge in [0.1, 0.15) is 17.1 Å². The average molecular weight is 1230 g/mol. The van der Waals surface area contributed by atoms with E-state index in [-0.39, 0.29) is 115 Å². The number of nitrogens with one attached hydrogen (secondary N) is 10. The second-order valence-corrected chi connectivity index (χ2v) is 21.4. The number of nitrogens with zero attached hydrogens (tertiary/aromatic N) is 13. The van der Waals surface area contributed by atoms with E-state index in [9.17, 15) is 47.9 Å². The van der Waals surface area contributed by atoms with Crippen LogP contribution in [0.5, 0.6) is 0 Å². The highest BCUT2D eigenvalue weighted by Crippen LogP contribution is 2.19. The molecule has 7 aromatic rings. The Kier molecular flexibility index (Phi) is 21.0. The third-order valence-electron chi connectivity index (χ3n) is 14.2. The van der Waals surface area contributed by atoms with Crippen molar-refractivity contribution in [1.29, 1.82) is 0 Å². The van der Waals surface area contributed by atoms with Crippen molar-refractivity contribution < 1.29 is 47.9 Å². The summed E-state index contributed by atoms with van der Waals surface area (Å²) in [4.78, 5) is 151. The average Bonchev–Trinajstić information content (AvgIpc) is 3.42. The van der Waals surface area contributed by atoms with E-state index in [1.54, 1.807) is 72.5 Å². The Balaban J connectivity index is 0.693. The Labute approximate surface area is 510 Å². The standard InChI is InChI=1S/C56H73N23O10/c1-71-21-23-79(24-22-71)19-10-15-59-53(86)47-69-42(33-77(47)7)70-52(85)39-25-34(28-75(39)5)62-44(81)12-17-61-54(87)48-67-40(31-76(48)6)65-43(80)11-9-14-58-50(83)37-27-36(30-73(37)3)64-56(89)49-68-41(32-78(49)8)66-45(82)13-16-60-51(84)38-26-35(29-74(38)4)63-55(88)46-57-18-20-72(46)2/h18,20,25-33H,9-17,19,21-24H2,1-8H3,(H,58,83)(H,59,86)(H,60,84)(H,61,87)(H,62,81)(H,63,88)(H,64,89)(H,65,80)(H,66,82)(H,70,85). The third-order valence-corrected chi connectivity index (χ3v) is 14.2. The Morgan fingerprint density at radius 3 is 1.29 bits per heavy atom. The van der Waals surface area contributed by atoms with Crippen molar-refractivity contribution >= 4 is 93.6 Å². The lowest BCUT2D eigenvalue weighted by molar-refractivity contribution is -0.117. The normalized spacial score (nSPS) is 12.4. The number of rotatable bonds is 27. The van der Waals surface area contributed by atoms with E-state index >= 15 is 0 Å². The fraction of sp³-hybridized carbons (Fsp3) is 0.393. The maximum atomic E-state index is 13.3. The van der Waals surface area contributed by atoms with Gasteiger partial charge >= 0.3 is 0 Å². The number of aromatic nitrogens is 11. The summed E-state index contributed by atoms with van der Waals surface area (Å²) in [6, 6.07) is 4.45. The van der Waals surface area contributed by atoms with Crippen molar-refractivity contribution in [3.63, 3.8) is 0 Å². The van der Waals surface area contributed by atoms with Crippen LogP contribution in [-0.2, 0) is 63.7 Å². The summed E-state index contributed by atoms with van der Waals surface area (Å²) in [6.45, 7) is 5.45. The minimum absolute atomic E-state index is 0.00604. The number of carbonyl (C=O) groups is 10. The van der Waals surface area contributed by atoms with Gasteiger partial charge in [-0.2, -0.15) is 0 Å². The first-order valence-electron chi connectivity index (χ1n) is 28.4. The first-order chi connectivity index (χ1) is 42.5. The van der Waals surface area contributed by atoms with Crippen molar-refractivity contribution in [2.75, 3.05) is 97.9 Å². The van der Waals surface area contributed by atoms with E-state index in [0.717, 1.165) is 39.1 Å². The Hall–Kier alpha value is -10.7. The number of hydrogen-bond acceptors (Lipinski definition) is 16. The van der Waals surface area contributed by atoms with E-state index in [2.05, 4.69) is 90.0 Å². The smallest absolute Gasteiger partial charge is 0.291 e. The lowest BCUT2D eigenvalue weighted by Gasteiger charge is -2.32. The molecule has 0 bridgehead atoms. The Morgan fingerprint density at radius 1 is 0.382 bits per heavy atom. The van der Waals surface area contributed by atoms with Gasteiger partial charge in [0.25, 0.3) is 41.4 Å². The Morgan fingerprint density at radius 2 is 0.787 bits per heavy atom. The summed E-state index contributed by atoms with van der Waals surface area (Å²) < 4.78 is 10.5. The van der Waals surface area contributed by atoms with Crippen molar-refractivity contribution in [2.24, 2.45) is 49.3 Å². The number of carbonyl (C=O) groups excluding carboxylic acids is 10. The van der Waals surface area contributed by atoms with Crippen LogP contribution in [0, 0.1) is 0 Å². The van der Waals surface area contributed by atoms with E-state index in [4.69, 9.17) is 0 Å². The number of hydrogen-bond donors (Lipinski definition) is 10. The molecule has 89 heavy (non-hydrogen) atoms. The highest BCUT2D eigenvalue weighted by atomic mass is 16.2. The molecule has 1 saturated heterocycles. The molecule has 33 heteroatoms. The van der Waals surface area contributed by atoms with Gasteiger partial charge in [0, 0.05) is 171 Å². The second kappa shape index (κ2) is 29.1. The molecule has 0 aliphatic carbocycles. The zero-order chi connectivity index (χ0) is 64.1. The highest BCUT2D eigenvalue weighted by molar-refractivity contribution is 6.06. The molecule has 8 rings (SSSR count). The van der Waals surface area contributed by atoms with Gasteiger partial charge < -0.3 is 94.9 Å². The molecule has 1 aliphatic heterocycles. The molecule has 0 saturated carbocycles. The summed E-state index contributed by atoms with van der Waals surface area (Å²) in [5.74, 6) is -4.19.